The molecule has 0 bridgehead atoms. The van der Waals surface area contributed by atoms with Gasteiger partial charge in [-0.2, -0.15) is 0 Å². The van der Waals surface area contributed by atoms with Crippen LogP contribution in [0.15, 0.2) is 52.1 Å². The molecule has 0 aliphatic carbocycles. The number of rotatable bonds is 6. The van der Waals surface area contributed by atoms with Crippen molar-refractivity contribution in [1.82, 2.24) is 15.6 Å². The molecule has 2 heterocycles. The van der Waals surface area contributed by atoms with Gasteiger partial charge in [-0.25, -0.2) is 9.37 Å². The van der Waals surface area contributed by atoms with E-state index in [-0.39, 0.29) is 29.8 Å². The molecule has 1 aliphatic heterocycles. The van der Waals surface area contributed by atoms with Crippen molar-refractivity contribution in [2.45, 2.75) is 31.7 Å². The summed E-state index contributed by atoms with van der Waals surface area (Å²) < 4.78 is 14.6. The number of halogens is 3. The third-order valence-electron chi connectivity index (χ3n) is 4.96. The number of hydrogen-bond donors (Lipinski definition) is 2. The zero-order valence-corrected chi connectivity index (χ0v) is 20.5. The number of aromatic nitrogens is 1. The van der Waals surface area contributed by atoms with Gasteiger partial charge in [0.15, 0.2) is 5.96 Å². The third kappa shape index (κ3) is 7.40. The molecular formula is C21H28BrFIN5. The topological polar surface area (TPSA) is 52.6 Å². The molecule has 5 nitrogen and oxygen atoms in total. The molecule has 1 aliphatic rings. The smallest absolute Gasteiger partial charge is 0.191 e. The molecule has 3 rings (SSSR count). The van der Waals surface area contributed by atoms with Gasteiger partial charge in [-0.15, -0.1) is 24.0 Å². The minimum absolute atomic E-state index is 0. The zero-order valence-electron chi connectivity index (χ0n) is 16.6. The molecule has 8 heteroatoms. The summed E-state index contributed by atoms with van der Waals surface area (Å²) in [7, 11) is 1.78. The first-order chi connectivity index (χ1) is 13.7. The molecule has 2 aromatic rings. The van der Waals surface area contributed by atoms with Gasteiger partial charge in [0.2, 0.25) is 0 Å². The first-order valence-corrected chi connectivity index (χ1v) is 10.5. The fourth-order valence-electron chi connectivity index (χ4n) is 3.39. The fraction of sp³-hybridized carbons (Fsp3) is 0.429. The lowest BCUT2D eigenvalue weighted by Gasteiger charge is -2.33. The molecule has 2 N–H and O–H groups in total. The van der Waals surface area contributed by atoms with E-state index in [0.29, 0.717) is 12.5 Å². The van der Waals surface area contributed by atoms with E-state index in [4.69, 9.17) is 0 Å². The van der Waals surface area contributed by atoms with E-state index in [1.54, 1.807) is 7.05 Å². The van der Waals surface area contributed by atoms with E-state index in [2.05, 4.69) is 47.5 Å². The van der Waals surface area contributed by atoms with Gasteiger partial charge in [0.25, 0.3) is 0 Å². The summed E-state index contributed by atoms with van der Waals surface area (Å²) in [6.07, 6.45) is 5.47. The first-order valence-electron chi connectivity index (χ1n) is 9.73. The van der Waals surface area contributed by atoms with Crippen LogP contribution >= 0.6 is 39.9 Å². The number of hydrogen-bond acceptors (Lipinski definition) is 3. The van der Waals surface area contributed by atoms with Crippen LogP contribution < -0.4 is 15.5 Å². The molecular weight excluding hydrogens is 548 g/mol. The van der Waals surface area contributed by atoms with E-state index in [0.717, 1.165) is 60.7 Å². The number of guanidine groups is 1. The Kier molecular flexibility index (Phi) is 10.1. The average Bonchev–Trinajstić information content (AvgIpc) is 2.72. The first kappa shape index (κ1) is 23.9. The second-order valence-corrected chi connectivity index (χ2v) is 7.85. The summed E-state index contributed by atoms with van der Waals surface area (Å²) in [5.74, 6) is 1.70. The maximum absolute atomic E-state index is 13.9. The predicted molar refractivity (Wildman–Crippen MR) is 132 cm³/mol. The normalized spacial score (nSPS) is 15.0. The van der Waals surface area contributed by atoms with Crippen molar-refractivity contribution in [3.63, 3.8) is 0 Å². The molecule has 158 valence electrons. The fourth-order valence-corrected chi connectivity index (χ4v) is 3.72. The maximum Gasteiger partial charge on any atom is 0.191 e. The van der Waals surface area contributed by atoms with E-state index in [9.17, 15) is 4.39 Å². The highest BCUT2D eigenvalue weighted by Crippen LogP contribution is 2.18. The average molecular weight is 576 g/mol. The lowest BCUT2D eigenvalue weighted by atomic mass is 10.1. The molecule has 0 spiro atoms. The van der Waals surface area contributed by atoms with Crippen LogP contribution in [0.2, 0.25) is 0 Å². The molecule has 0 radical (unpaired) electrons. The second kappa shape index (κ2) is 12.3. The Hall–Kier alpha value is -1.42. The predicted octanol–water partition coefficient (Wildman–Crippen LogP) is 4.37. The largest absolute Gasteiger partial charge is 0.356 e. The Labute approximate surface area is 197 Å². The van der Waals surface area contributed by atoms with Gasteiger partial charge in [0, 0.05) is 43.4 Å². The number of benzene rings is 1. The summed E-state index contributed by atoms with van der Waals surface area (Å²) in [5.41, 5.74) is 0.745. The van der Waals surface area contributed by atoms with Crippen LogP contribution in [0.1, 0.15) is 24.8 Å². The lowest BCUT2D eigenvalue weighted by molar-refractivity contribution is 0.459. The summed E-state index contributed by atoms with van der Waals surface area (Å²) in [5, 5.41) is 6.85. The van der Waals surface area contributed by atoms with Crippen molar-refractivity contribution in [1.29, 1.82) is 0 Å². The summed E-state index contributed by atoms with van der Waals surface area (Å²) >= 11 is 3.29. The molecule has 1 saturated heterocycles. The Balaban J connectivity index is 0.00000300. The monoisotopic (exact) mass is 575 g/mol. The van der Waals surface area contributed by atoms with Crippen molar-refractivity contribution >= 4 is 51.7 Å². The van der Waals surface area contributed by atoms with E-state index < -0.39 is 0 Å². The Morgan fingerprint density at radius 1 is 1.28 bits per heavy atom. The molecule has 1 fully saturated rings. The Bertz CT molecular complexity index is 782. The molecule has 0 saturated carbocycles. The van der Waals surface area contributed by atoms with Crippen molar-refractivity contribution < 1.29 is 4.39 Å². The van der Waals surface area contributed by atoms with Crippen LogP contribution in [0.4, 0.5) is 10.2 Å². The van der Waals surface area contributed by atoms with Gasteiger partial charge in [-0.3, -0.25) is 4.99 Å². The standard InChI is InChI=1S/C21H27BrFN5.HI/c1-24-21(26-12-4-5-16-7-8-17(22)15-19(16)23)27-18-9-13-28(14-10-18)20-6-2-3-11-25-20;/h2-3,6-8,11,15,18H,4-5,9-10,12-14H2,1H3,(H2,24,26,27);1H. The van der Waals surface area contributed by atoms with Gasteiger partial charge < -0.3 is 15.5 Å². The number of pyridine rings is 1. The maximum atomic E-state index is 13.9. The minimum atomic E-state index is -0.156. The minimum Gasteiger partial charge on any atom is -0.356 e. The molecule has 0 amide bonds. The van der Waals surface area contributed by atoms with E-state index >= 15 is 0 Å². The van der Waals surface area contributed by atoms with Gasteiger partial charge in [-0.05, 0) is 55.5 Å². The number of nitrogens with zero attached hydrogens (tertiary/aromatic N) is 3. The van der Waals surface area contributed by atoms with Crippen molar-refractivity contribution in [3.8, 4) is 0 Å². The number of piperidine rings is 1. The van der Waals surface area contributed by atoms with Crippen LogP contribution in [0.5, 0.6) is 0 Å². The van der Waals surface area contributed by atoms with Crippen LogP contribution in [0.3, 0.4) is 0 Å². The SMILES string of the molecule is CN=C(NCCCc1ccc(Br)cc1F)NC1CCN(c2ccccn2)CC1.I. The Morgan fingerprint density at radius 3 is 2.72 bits per heavy atom. The highest BCUT2D eigenvalue weighted by Gasteiger charge is 2.20. The highest BCUT2D eigenvalue weighted by atomic mass is 127. The highest BCUT2D eigenvalue weighted by molar-refractivity contribution is 14.0. The molecule has 29 heavy (non-hydrogen) atoms. The molecule has 0 unspecified atom stereocenters. The summed E-state index contributed by atoms with van der Waals surface area (Å²) in [4.78, 5) is 11.1. The molecule has 1 aromatic carbocycles. The van der Waals surface area contributed by atoms with Crippen molar-refractivity contribution in [2.75, 3.05) is 31.6 Å². The van der Waals surface area contributed by atoms with E-state index in [1.165, 1.54) is 6.07 Å². The quantitative estimate of drug-likeness (QED) is 0.232. The van der Waals surface area contributed by atoms with Gasteiger partial charge in [0.1, 0.15) is 11.6 Å². The number of anilines is 1. The van der Waals surface area contributed by atoms with Crippen molar-refractivity contribution in [3.05, 3.63) is 58.4 Å². The third-order valence-corrected chi connectivity index (χ3v) is 5.46. The van der Waals surface area contributed by atoms with Crippen molar-refractivity contribution in [2.24, 2.45) is 4.99 Å². The Morgan fingerprint density at radius 2 is 2.07 bits per heavy atom. The second-order valence-electron chi connectivity index (χ2n) is 6.93. The number of nitrogens with one attached hydrogen (secondary N) is 2. The lowest BCUT2D eigenvalue weighted by Crippen LogP contribution is -2.49. The van der Waals surface area contributed by atoms with Crippen LogP contribution in [0, 0.1) is 5.82 Å². The number of aryl methyl sites for hydroxylation is 1. The molecule has 1 aromatic heterocycles. The molecule has 0 atom stereocenters. The zero-order chi connectivity index (χ0) is 19.8. The van der Waals surface area contributed by atoms with Gasteiger partial charge >= 0.3 is 0 Å². The number of aliphatic imine (C=N–C) groups is 1. The van der Waals surface area contributed by atoms with Crippen LogP contribution in [-0.2, 0) is 6.42 Å². The van der Waals surface area contributed by atoms with Gasteiger partial charge in [0.05, 0.1) is 0 Å². The van der Waals surface area contributed by atoms with Gasteiger partial charge in [-0.1, -0.05) is 28.1 Å². The van der Waals surface area contributed by atoms with Crippen LogP contribution in [-0.4, -0.2) is 43.7 Å². The van der Waals surface area contributed by atoms with Crippen LogP contribution in [0.25, 0.3) is 0 Å². The summed E-state index contributed by atoms with van der Waals surface area (Å²) in [6, 6.07) is 11.7. The summed E-state index contributed by atoms with van der Waals surface area (Å²) in [6.45, 7) is 2.71. The van der Waals surface area contributed by atoms with E-state index in [1.807, 2.05) is 30.5 Å².